The van der Waals surface area contributed by atoms with Gasteiger partial charge in [0.25, 0.3) is 5.88 Å². The first-order valence-corrected chi connectivity index (χ1v) is 11.6. The molecule has 9 nitrogen and oxygen atoms in total. The maximum Gasteiger partial charge on any atom is 0.339 e. The van der Waals surface area contributed by atoms with Crippen molar-refractivity contribution in [2.45, 2.75) is 20.1 Å². The van der Waals surface area contributed by atoms with Gasteiger partial charge in [-0.25, -0.2) is 19.7 Å². The van der Waals surface area contributed by atoms with Crippen molar-refractivity contribution in [2.75, 3.05) is 20.3 Å². The van der Waals surface area contributed by atoms with E-state index in [1.807, 2.05) is 54.6 Å². The van der Waals surface area contributed by atoms with Crippen molar-refractivity contribution in [1.82, 2.24) is 15.0 Å². The monoisotopic (exact) mass is 501 g/mol. The number of pyridine rings is 1. The smallest absolute Gasteiger partial charge is 0.339 e. The van der Waals surface area contributed by atoms with Crippen LogP contribution in [0.4, 0.5) is 0 Å². The fraction of sp³-hybridized carbons (Fsp3) is 0.214. The second-order valence-electron chi connectivity index (χ2n) is 8.05. The van der Waals surface area contributed by atoms with Crippen LogP contribution in [0.15, 0.2) is 73.1 Å². The largest absolute Gasteiger partial charge is 0.497 e. The van der Waals surface area contributed by atoms with E-state index in [1.54, 1.807) is 26.3 Å². The van der Waals surface area contributed by atoms with Crippen molar-refractivity contribution in [2.24, 2.45) is 0 Å². The number of aryl methyl sites for hydroxylation is 1. The Bertz CT molecular complexity index is 1330. The lowest BCUT2D eigenvalue weighted by Gasteiger charge is -2.14. The second-order valence-corrected chi connectivity index (χ2v) is 8.05. The van der Waals surface area contributed by atoms with E-state index in [2.05, 4.69) is 15.0 Å². The van der Waals surface area contributed by atoms with Gasteiger partial charge in [-0.2, -0.15) is 0 Å². The van der Waals surface area contributed by atoms with Crippen LogP contribution >= 0.6 is 0 Å². The topological polar surface area (TPSA) is 113 Å². The molecule has 0 aliphatic rings. The first kappa shape index (κ1) is 25.6. The molecule has 2 aromatic heterocycles. The van der Waals surface area contributed by atoms with Crippen LogP contribution in [0.1, 0.15) is 27.2 Å². The molecular weight excluding hydrogens is 474 g/mol. The molecule has 2 aromatic carbocycles. The lowest BCUT2D eigenvalue weighted by molar-refractivity contribution is 0.0695. The van der Waals surface area contributed by atoms with Gasteiger partial charge < -0.3 is 24.1 Å². The molecule has 0 saturated heterocycles. The minimum absolute atomic E-state index is 0.0446. The highest BCUT2D eigenvalue weighted by molar-refractivity contribution is 5.88. The third kappa shape index (κ3) is 7.02. The van der Waals surface area contributed by atoms with Gasteiger partial charge in [-0.3, -0.25) is 0 Å². The number of rotatable bonds is 12. The summed E-state index contributed by atoms with van der Waals surface area (Å²) in [6, 6.07) is 19.1. The van der Waals surface area contributed by atoms with Gasteiger partial charge in [0, 0.05) is 18.0 Å². The fourth-order valence-corrected chi connectivity index (χ4v) is 3.43. The number of benzene rings is 2. The van der Waals surface area contributed by atoms with E-state index in [-0.39, 0.29) is 18.8 Å². The summed E-state index contributed by atoms with van der Waals surface area (Å²) in [7, 11) is 1.62. The van der Waals surface area contributed by atoms with E-state index in [9.17, 15) is 9.90 Å². The van der Waals surface area contributed by atoms with Crippen LogP contribution in [0, 0.1) is 6.92 Å². The Morgan fingerprint density at radius 3 is 2.35 bits per heavy atom. The summed E-state index contributed by atoms with van der Waals surface area (Å²) in [4.78, 5) is 24.2. The molecule has 0 radical (unpaired) electrons. The number of carboxylic acid groups (broad SMARTS) is 1. The number of nitrogens with zero attached hydrogens (tertiary/aromatic N) is 3. The molecule has 9 heteroatoms. The molecule has 2 heterocycles. The van der Waals surface area contributed by atoms with Gasteiger partial charge in [0.15, 0.2) is 11.6 Å². The van der Waals surface area contributed by atoms with Crippen molar-refractivity contribution in [3.05, 3.63) is 95.4 Å². The lowest BCUT2D eigenvalue weighted by Crippen LogP contribution is -2.09. The molecule has 0 unspecified atom stereocenters. The van der Waals surface area contributed by atoms with E-state index < -0.39 is 5.97 Å². The van der Waals surface area contributed by atoms with E-state index in [1.165, 1.54) is 6.20 Å². The summed E-state index contributed by atoms with van der Waals surface area (Å²) >= 11 is 0. The van der Waals surface area contributed by atoms with Gasteiger partial charge in [0.05, 0.1) is 31.6 Å². The lowest BCUT2D eigenvalue weighted by atomic mass is 10.2. The Hall–Kier alpha value is -4.50. The van der Waals surface area contributed by atoms with Crippen LogP contribution in [0.3, 0.4) is 0 Å². The van der Waals surface area contributed by atoms with Crippen molar-refractivity contribution >= 4 is 5.97 Å². The van der Waals surface area contributed by atoms with Gasteiger partial charge in [0.2, 0.25) is 0 Å². The molecule has 0 aliphatic heterocycles. The van der Waals surface area contributed by atoms with Gasteiger partial charge in [-0.15, -0.1) is 0 Å². The summed E-state index contributed by atoms with van der Waals surface area (Å²) < 4.78 is 22.8. The number of aromatic carboxylic acids is 1. The fourth-order valence-electron chi connectivity index (χ4n) is 3.43. The van der Waals surface area contributed by atoms with Gasteiger partial charge in [-0.05, 0) is 36.2 Å². The van der Waals surface area contributed by atoms with Gasteiger partial charge in [-0.1, -0.05) is 42.5 Å². The number of aromatic nitrogens is 3. The molecule has 0 amide bonds. The number of ether oxygens (including phenoxy) is 4. The number of hydrogen-bond donors (Lipinski definition) is 1. The zero-order chi connectivity index (χ0) is 26.0. The van der Waals surface area contributed by atoms with Crippen LogP contribution in [0.25, 0.3) is 11.4 Å². The average Bonchev–Trinajstić information content (AvgIpc) is 2.92. The molecule has 0 atom stereocenters. The van der Waals surface area contributed by atoms with Crippen molar-refractivity contribution in [3.63, 3.8) is 0 Å². The zero-order valence-corrected chi connectivity index (χ0v) is 20.6. The normalized spacial score (nSPS) is 10.6. The quantitative estimate of drug-likeness (QED) is 0.275. The van der Waals surface area contributed by atoms with Crippen LogP contribution in [-0.4, -0.2) is 46.4 Å². The Labute approximate surface area is 214 Å². The van der Waals surface area contributed by atoms with Crippen LogP contribution in [-0.2, 0) is 18.0 Å². The Kier molecular flexibility index (Phi) is 8.62. The highest BCUT2D eigenvalue weighted by atomic mass is 16.5. The second kappa shape index (κ2) is 12.5. The first-order chi connectivity index (χ1) is 18.0. The maximum absolute atomic E-state index is 11.3. The third-order valence-electron chi connectivity index (χ3n) is 5.42. The van der Waals surface area contributed by atoms with Crippen molar-refractivity contribution in [1.29, 1.82) is 0 Å². The molecule has 1 N–H and O–H groups in total. The number of carbonyl (C=O) groups is 1. The standard InChI is InChI=1S/C28H27N3O6/c1-19-24(28(32)33)16-29-26(31-19)22-14-25(36-13-12-35-17-20-6-4-3-5-7-20)27(30-15-22)37-18-21-8-10-23(34-2)11-9-21/h3-11,14-16H,12-13,17-18H2,1-2H3,(H,32,33). The number of hydrogen-bond acceptors (Lipinski definition) is 8. The minimum atomic E-state index is -1.08. The number of carboxylic acids is 1. The van der Waals surface area contributed by atoms with E-state index >= 15 is 0 Å². The molecule has 37 heavy (non-hydrogen) atoms. The molecule has 190 valence electrons. The predicted molar refractivity (Wildman–Crippen MR) is 136 cm³/mol. The number of methoxy groups -OCH3 is 1. The summed E-state index contributed by atoms with van der Waals surface area (Å²) in [5.41, 5.74) is 2.98. The SMILES string of the molecule is COc1ccc(COc2ncc(-c3ncc(C(=O)O)c(C)n3)cc2OCCOCc2ccccc2)cc1. The van der Waals surface area contributed by atoms with E-state index in [0.29, 0.717) is 41.9 Å². The summed E-state index contributed by atoms with van der Waals surface area (Å²) in [5, 5.41) is 9.26. The van der Waals surface area contributed by atoms with E-state index in [0.717, 1.165) is 16.9 Å². The molecular formula is C28H27N3O6. The molecule has 0 aliphatic carbocycles. The zero-order valence-electron chi connectivity index (χ0n) is 20.6. The maximum atomic E-state index is 11.3. The molecule has 4 rings (SSSR count). The predicted octanol–water partition coefficient (Wildman–Crippen LogP) is 4.73. The molecule has 0 bridgehead atoms. The Balaban J connectivity index is 1.48. The van der Waals surface area contributed by atoms with E-state index in [4.69, 9.17) is 18.9 Å². The molecule has 0 saturated carbocycles. The van der Waals surface area contributed by atoms with Crippen LogP contribution in [0.2, 0.25) is 0 Å². The van der Waals surface area contributed by atoms with Gasteiger partial charge >= 0.3 is 5.97 Å². The highest BCUT2D eigenvalue weighted by Crippen LogP contribution is 2.30. The van der Waals surface area contributed by atoms with Gasteiger partial charge in [0.1, 0.15) is 19.0 Å². The summed E-state index contributed by atoms with van der Waals surface area (Å²) in [6.45, 7) is 3.01. The summed E-state index contributed by atoms with van der Waals surface area (Å²) in [5.74, 6) is 0.722. The van der Waals surface area contributed by atoms with Crippen molar-refractivity contribution in [3.8, 4) is 28.8 Å². The van der Waals surface area contributed by atoms with Crippen LogP contribution < -0.4 is 14.2 Å². The molecule has 0 spiro atoms. The van der Waals surface area contributed by atoms with Crippen LogP contribution in [0.5, 0.6) is 17.4 Å². The Morgan fingerprint density at radius 1 is 0.892 bits per heavy atom. The summed E-state index contributed by atoms with van der Waals surface area (Å²) in [6.07, 6.45) is 2.85. The first-order valence-electron chi connectivity index (χ1n) is 11.6. The Morgan fingerprint density at radius 2 is 1.65 bits per heavy atom. The van der Waals surface area contributed by atoms with Crippen molar-refractivity contribution < 1.29 is 28.8 Å². The molecule has 4 aromatic rings. The average molecular weight is 502 g/mol. The molecule has 0 fully saturated rings. The highest BCUT2D eigenvalue weighted by Gasteiger charge is 2.15. The third-order valence-corrected chi connectivity index (χ3v) is 5.42. The minimum Gasteiger partial charge on any atom is -0.497 e.